The average molecular weight is 373 g/mol. The smallest absolute Gasteiger partial charge is 0.411 e. The highest BCUT2D eigenvalue weighted by atomic mass is 16.5. The number of nitrogens with one attached hydrogen (secondary N) is 1. The van der Waals surface area contributed by atoms with Gasteiger partial charge in [-0.15, -0.1) is 0 Å². The Hall–Kier alpha value is -3.80. The summed E-state index contributed by atoms with van der Waals surface area (Å²) in [5.74, 6) is -0.0298. The molecule has 0 fully saturated rings. The lowest BCUT2D eigenvalue weighted by molar-refractivity contribution is 0.158. The van der Waals surface area contributed by atoms with Gasteiger partial charge < -0.3 is 15.7 Å². The van der Waals surface area contributed by atoms with Gasteiger partial charge in [0.2, 0.25) is 0 Å². The molecular formula is C22H19N3O3. The highest BCUT2D eigenvalue weighted by Crippen LogP contribution is 2.44. The zero-order chi connectivity index (χ0) is 19.5. The summed E-state index contributed by atoms with van der Waals surface area (Å²) in [5.41, 5.74) is 11.3. The molecule has 0 unspecified atom stereocenters. The van der Waals surface area contributed by atoms with Crippen molar-refractivity contribution in [2.75, 3.05) is 11.9 Å². The van der Waals surface area contributed by atoms with Crippen LogP contribution in [0.15, 0.2) is 78.0 Å². The van der Waals surface area contributed by atoms with Gasteiger partial charge in [0, 0.05) is 17.2 Å². The van der Waals surface area contributed by atoms with E-state index in [2.05, 4.69) is 34.7 Å². The first-order valence-electron chi connectivity index (χ1n) is 8.87. The second kappa shape index (κ2) is 7.44. The van der Waals surface area contributed by atoms with E-state index in [4.69, 9.17) is 15.7 Å². The van der Waals surface area contributed by atoms with Gasteiger partial charge in [-0.1, -0.05) is 65.8 Å². The Labute approximate surface area is 162 Å². The molecule has 140 valence electrons. The lowest BCUT2D eigenvalue weighted by Gasteiger charge is -2.14. The molecule has 0 atom stereocenters. The van der Waals surface area contributed by atoms with Crippen molar-refractivity contribution in [3.05, 3.63) is 89.5 Å². The Morgan fingerprint density at radius 2 is 1.64 bits per heavy atom. The number of anilines is 1. The van der Waals surface area contributed by atoms with Gasteiger partial charge in [-0.2, -0.15) is 0 Å². The normalized spacial score (nSPS) is 12.9. The standard InChI is InChI=1S/C22H19N3O3/c23-21(25-27)14-6-5-7-15(12-14)24-22(26)28-13-20-18-10-3-1-8-16(18)17-9-2-4-11-19(17)20/h1-12,20,27H,13H2,(H2,23,25)(H,24,26). The van der Waals surface area contributed by atoms with E-state index in [1.54, 1.807) is 24.3 Å². The van der Waals surface area contributed by atoms with Crippen molar-refractivity contribution in [2.45, 2.75) is 5.92 Å². The van der Waals surface area contributed by atoms with Gasteiger partial charge in [-0.05, 0) is 34.4 Å². The number of hydrogen-bond donors (Lipinski definition) is 3. The van der Waals surface area contributed by atoms with E-state index >= 15 is 0 Å². The number of rotatable bonds is 4. The first-order chi connectivity index (χ1) is 13.7. The van der Waals surface area contributed by atoms with Crippen LogP contribution in [-0.4, -0.2) is 23.7 Å². The van der Waals surface area contributed by atoms with Crippen LogP contribution in [0.25, 0.3) is 11.1 Å². The first-order valence-corrected chi connectivity index (χ1v) is 8.87. The van der Waals surface area contributed by atoms with Gasteiger partial charge >= 0.3 is 6.09 Å². The number of oxime groups is 1. The number of fused-ring (bicyclic) bond motifs is 3. The fourth-order valence-corrected chi connectivity index (χ4v) is 3.57. The average Bonchev–Trinajstić information content (AvgIpc) is 3.06. The van der Waals surface area contributed by atoms with Crippen molar-refractivity contribution >= 4 is 17.6 Å². The van der Waals surface area contributed by atoms with Crippen LogP contribution in [0.5, 0.6) is 0 Å². The predicted molar refractivity (Wildman–Crippen MR) is 108 cm³/mol. The predicted octanol–water partition coefficient (Wildman–Crippen LogP) is 4.14. The zero-order valence-corrected chi connectivity index (χ0v) is 15.0. The molecule has 6 heteroatoms. The summed E-state index contributed by atoms with van der Waals surface area (Å²) in [7, 11) is 0. The number of nitrogens with two attached hydrogens (primary N) is 1. The third-order valence-corrected chi connectivity index (χ3v) is 4.86. The first kappa shape index (κ1) is 17.6. The maximum atomic E-state index is 12.3. The van der Waals surface area contributed by atoms with Crippen LogP contribution in [0.4, 0.5) is 10.5 Å². The Morgan fingerprint density at radius 3 is 2.29 bits per heavy atom. The number of carbonyl (C=O) groups excluding carboxylic acids is 1. The molecule has 0 aromatic heterocycles. The van der Waals surface area contributed by atoms with Gasteiger partial charge in [-0.3, -0.25) is 5.32 Å². The highest BCUT2D eigenvalue weighted by Gasteiger charge is 2.28. The third-order valence-electron chi connectivity index (χ3n) is 4.86. The Kier molecular flexibility index (Phi) is 4.68. The number of amides is 1. The summed E-state index contributed by atoms with van der Waals surface area (Å²) in [5, 5.41) is 14.4. The zero-order valence-electron chi connectivity index (χ0n) is 15.0. The lowest BCUT2D eigenvalue weighted by Crippen LogP contribution is -2.18. The van der Waals surface area contributed by atoms with Crippen molar-refractivity contribution in [3.8, 4) is 11.1 Å². The molecule has 0 saturated heterocycles. The van der Waals surface area contributed by atoms with Crippen LogP contribution in [-0.2, 0) is 4.74 Å². The largest absolute Gasteiger partial charge is 0.448 e. The summed E-state index contributed by atoms with van der Waals surface area (Å²) < 4.78 is 5.51. The molecule has 0 radical (unpaired) electrons. The third kappa shape index (κ3) is 3.27. The van der Waals surface area contributed by atoms with Gasteiger partial charge in [0.05, 0.1) is 0 Å². The molecule has 1 aliphatic rings. The molecule has 3 aromatic rings. The summed E-state index contributed by atoms with van der Waals surface area (Å²) in [4.78, 5) is 12.3. The van der Waals surface area contributed by atoms with Crippen LogP contribution < -0.4 is 11.1 Å². The fourth-order valence-electron chi connectivity index (χ4n) is 3.57. The highest BCUT2D eigenvalue weighted by molar-refractivity contribution is 5.98. The van der Waals surface area contributed by atoms with E-state index in [0.717, 1.165) is 11.1 Å². The number of amidine groups is 1. The molecule has 0 bridgehead atoms. The SMILES string of the molecule is N/C(=N\O)c1cccc(NC(=O)OCC2c3ccccc3-c3ccccc32)c1. The van der Waals surface area contributed by atoms with Crippen molar-refractivity contribution in [1.82, 2.24) is 0 Å². The number of hydrogen-bond acceptors (Lipinski definition) is 4. The number of carbonyl (C=O) groups is 1. The second-order valence-electron chi connectivity index (χ2n) is 6.52. The molecule has 1 amide bonds. The Bertz CT molecular complexity index is 1020. The Morgan fingerprint density at radius 1 is 1.00 bits per heavy atom. The lowest BCUT2D eigenvalue weighted by atomic mass is 9.98. The maximum absolute atomic E-state index is 12.3. The molecule has 6 nitrogen and oxygen atoms in total. The van der Waals surface area contributed by atoms with E-state index in [0.29, 0.717) is 11.3 Å². The van der Waals surface area contributed by atoms with E-state index in [9.17, 15) is 4.79 Å². The van der Waals surface area contributed by atoms with Gasteiger partial charge in [0.15, 0.2) is 5.84 Å². The molecule has 0 aliphatic heterocycles. The summed E-state index contributed by atoms with van der Waals surface area (Å²) >= 11 is 0. The minimum absolute atomic E-state index is 0.00153. The van der Waals surface area contributed by atoms with Crippen molar-refractivity contribution < 1.29 is 14.7 Å². The maximum Gasteiger partial charge on any atom is 0.411 e. The molecule has 28 heavy (non-hydrogen) atoms. The summed E-state index contributed by atoms with van der Waals surface area (Å²) in [6.45, 7) is 0.236. The molecule has 3 aromatic carbocycles. The van der Waals surface area contributed by atoms with E-state index < -0.39 is 6.09 Å². The number of benzene rings is 3. The van der Waals surface area contributed by atoms with Gasteiger partial charge in [0.25, 0.3) is 0 Å². The second-order valence-corrected chi connectivity index (χ2v) is 6.52. The van der Waals surface area contributed by atoms with Crippen LogP contribution in [0, 0.1) is 0 Å². The van der Waals surface area contributed by atoms with Gasteiger partial charge in [0.1, 0.15) is 6.61 Å². The van der Waals surface area contributed by atoms with E-state index in [-0.39, 0.29) is 18.4 Å². The van der Waals surface area contributed by atoms with Crippen LogP contribution in [0.1, 0.15) is 22.6 Å². The summed E-state index contributed by atoms with van der Waals surface area (Å²) in [6, 6.07) is 23.0. The molecule has 0 saturated carbocycles. The quantitative estimate of drug-likeness (QED) is 0.277. The molecule has 4 rings (SSSR count). The Balaban J connectivity index is 1.47. The van der Waals surface area contributed by atoms with Crippen molar-refractivity contribution in [2.24, 2.45) is 10.9 Å². The molecule has 4 N–H and O–H groups in total. The van der Waals surface area contributed by atoms with Crippen molar-refractivity contribution in [3.63, 3.8) is 0 Å². The molecule has 0 spiro atoms. The summed E-state index contributed by atoms with van der Waals surface area (Å²) in [6.07, 6.45) is -0.557. The van der Waals surface area contributed by atoms with Crippen LogP contribution in [0.2, 0.25) is 0 Å². The van der Waals surface area contributed by atoms with Gasteiger partial charge in [-0.25, -0.2) is 4.79 Å². The number of nitrogens with zero attached hydrogens (tertiary/aromatic N) is 1. The van der Waals surface area contributed by atoms with Crippen LogP contribution in [0.3, 0.4) is 0 Å². The van der Waals surface area contributed by atoms with Crippen molar-refractivity contribution in [1.29, 1.82) is 0 Å². The number of ether oxygens (including phenoxy) is 1. The minimum Gasteiger partial charge on any atom is -0.448 e. The molecule has 1 aliphatic carbocycles. The minimum atomic E-state index is -0.557. The van der Waals surface area contributed by atoms with E-state index in [1.807, 2.05) is 24.3 Å². The molecule has 0 heterocycles. The topological polar surface area (TPSA) is 96.9 Å². The van der Waals surface area contributed by atoms with E-state index in [1.165, 1.54) is 11.1 Å². The molecular weight excluding hydrogens is 354 g/mol. The fraction of sp³-hybridized carbons (Fsp3) is 0.0909. The van der Waals surface area contributed by atoms with Crippen LogP contribution >= 0.6 is 0 Å². The monoisotopic (exact) mass is 373 g/mol.